The number of carbonyl (C=O) groups excluding carboxylic acids is 1. The highest BCUT2D eigenvalue weighted by molar-refractivity contribution is 7.89. The summed E-state index contributed by atoms with van der Waals surface area (Å²) in [6.07, 6.45) is 0.340. The SMILES string of the molecule is Cc1ccc(S(=O)(=O)N[C@@H](CC(C)C)C(=O)Nc2nc(-c3ccc(O)cc3)cs2)cc1. The molecule has 1 aromatic heterocycles. The first-order chi connectivity index (χ1) is 14.6. The first-order valence-corrected chi connectivity index (χ1v) is 12.1. The summed E-state index contributed by atoms with van der Waals surface area (Å²) in [5.74, 6) is -0.207. The van der Waals surface area contributed by atoms with Crippen LogP contribution >= 0.6 is 11.3 Å². The van der Waals surface area contributed by atoms with Crippen molar-refractivity contribution >= 4 is 32.4 Å². The zero-order valence-corrected chi connectivity index (χ0v) is 19.1. The highest BCUT2D eigenvalue weighted by Crippen LogP contribution is 2.26. The summed E-state index contributed by atoms with van der Waals surface area (Å²) in [5, 5.41) is 14.3. The fraction of sp³-hybridized carbons (Fsp3) is 0.273. The van der Waals surface area contributed by atoms with E-state index in [0.717, 1.165) is 11.1 Å². The lowest BCUT2D eigenvalue weighted by Gasteiger charge is -2.19. The molecule has 0 saturated heterocycles. The summed E-state index contributed by atoms with van der Waals surface area (Å²) < 4.78 is 28.1. The predicted octanol–water partition coefficient (Wildman–Crippen LogP) is 4.16. The van der Waals surface area contributed by atoms with Crippen LogP contribution in [0.3, 0.4) is 0 Å². The molecule has 31 heavy (non-hydrogen) atoms. The van der Waals surface area contributed by atoms with Gasteiger partial charge in [-0.1, -0.05) is 31.5 Å². The highest BCUT2D eigenvalue weighted by Gasteiger charge is 2.27. The van der Waals surface area contributed by atoms with E-state index in [9.17, 15) is 18.3 Å². The second-order valence-electron chi connectivity index (χ2n) is 7.69. The van der Waals surface area contributed by atoms with Gasteiger partial charge in [-0.15, -0.1) is 11.3 Å². The molecule has 7 nitrogen and oxygen atoms in total. The van der Waals surface area contributed by atoms with E-state index in [1.54, 1.807) is 41.8 Å². The maximum absolute atomic E-state index is 12.9. The first kappa shape index (κ1) is 22.9. The van der Waals surface area contributed by atoms with Crippen LogP contribution in [-0.2, 0) is 14.8 Å². The summed E-state index contributed by atoms with van der Waals surface area (Å²) in [7, 11) is -3.85. The molecule has 1 amide bonds. The number of hydrogen-bond donors (Lipinski definition) is 3. The van der Waals surface area contributed by atoms with E-state index < -0.39 is 22.0 Å². The van der Waals surface area contributed by atoms with Gasteiger partial charge >= 0.3 is 0 Å². The Morgan fingerprint density at radius 2 is 1.74 bits per heavy atom. The molecule has 0 spiro atoms. The number of rotatable bonds is 8. The van der Waals surface area contributed by atoms with Crippen molar-refractivity contribution in [2.75, 3.05) is 5.32 Å². The minimum Gasteiger partial charge on any atom is -0.508 e. The lowest BCUT2D eigenvalue weighted by molar-refractivity contribution is -0.118. The van der Waals surface area contributed by atoms with Crippen LogP contribution in [0.15, 0.2) is 58.8 Å². The van der Waals surface area contributed by atoms with E-state index in [4.69, 9.17) is 0 Å². The molecule has 1 atom stereocenters. The summed E-state index contributed by atoms with van der Waals surface area (Å²) in [4.78, 5) is 17.4. The van der Waals surface area contributed by atoms with Gasteiger partial charge in [0.15, 0.2) is 5.13 Å². The van der Waals surface area contributed by atoms with E-state index in [0.29, 0.717) is 17.2 Å². The molecule has 0 aliphatic carbocycles. The Labute approximate surface area is 186 Å². The number of hydrogen-bond acceptors (Lipinski definition) is 6. The molecule has 3 N–H and O–H groups in total. The largest absolute Gasteiger partial charge is 0.508 e. The monoisotopic (exact) mass is 459 g/mol. The van der Waals surface area contributed by atoms with E-state index >= 15 is 0 Å². The second kappa shape index (κ2) is 9.59. The number of benzene rings is 2. The van der Waals surface area contributed by atoms with Gasteiger partial charge in [0.05, 0.1) is 10.6 Å². The topological polar surface area (TPSA) is 108 Å². The van der Waals surface area contributed by atoms with Crippen LogP contribution in [-0.4, -0.2) is 30.5 Å². The van der Waals surface area contributed by atoms with E-state index in [-0.39, 0.29) is 16.6 Å². The maximum Gasteiger partial charge on any atom is 0.244 e. The molecule has 0 unspecified atom stereocenters. The van der Waals surface area contributed by atoms with Gasteiger partial charge in [0.2, 0.25) is 15.9 Å². The number of sulfonamides is 1. The number of aromatic hydroxyl groups is 1. The Kier molecular flexibility index (Phi) is 7.09. The third-order valence-electron chi connectivity index (χ3n) is 4.55. The normalized spacial score (nSPS) is 12.6. The molecule has 164 valence electrons. The fourth-order valence-electron chi connectivity index (χ4n) is 2.94. The van der Waals surface area contributed by atoms with Crippen molar-refractivity contribution in [3.8, 4) is 17.0 Å². The molecular formula is C22H25N3O4S2. The van der Waals surface area contributed by atoms with Gasteiger partial charge in [-0.05, 0) is 55.7 Å². The zero-order chi connectivity index (χ0) is 22.6. The molecule has 0 fully saturated rings. The van der Waals surface area contributed by atoms with Crippen LogP contribution in [0.5, 0.6) is 5.75 Å². The van der Waals surface area contributed by atoms with Crippen LogP contribution in [0.1, 0.15) is 25.8 Å². The standard InChI is InChI=1S/C22H25N3O4S2/c1-14(2)12-19(25-31(28,29)18-10-4-15(3)5-11-18)21(27)24-22-23-20(13-30-22)16-6-8-17(26)9-7-16/h4-11,13-14,19,25-26H,12H2,1-3H3,(H,23,24,27)/t19-/m0/s1. The third-order valence-corrected chi connectivity index (χ3v) is 6.79. The Morgan fingerprint density at radius 3 is 2.35 bits per heavy atom. The van der Waals surface area contributed by atoms with E-state index in [1.807, 2.05) is 20.8 Å². The van der Waals surface area contributed by atoms with Gasteiger partial charge in [-0.2, -0.15) is 4.72 Å². The number of phenols is 1. The van der Waals surface area contributed by atoms with Crippen LogP contribution in [0.4, 0.5) is 5.13 Å². The Morgan fingerprint density at radius 1 is 1.10 bits per heavy atom. The minimum atomic E-state index is -3.85. The van der Waals surface area contributed by atoms with Crippen LogP contribution in [0, 0.1) is 12.8 Å². The van der Waals surface area contributed by atoms with Gasteiger partial charge < -0.3 is 10.4 Å². The lowest BCUT2D eigenvalue weighted by atomic mass is 10.0. The summed E-state index contributed by atoms with van der Waals surface area (Å²) >= 11 is 1.25. The molecule has 3 rings (SSSR count). The summed E-state index contributed by atoms with van der Waals surface area (Å²) in [6, 6.07) is 12.1. The number of nitrogens with one attached hydrogen (secondary N) is 2. The van der Waals surface area contributed by atoms with E-state index in [1.165, 1.54) is 23.5 Å². The number of aryl methyl sites for hydroxylation is 1. The maximum atomic E-state index is 12.9. The zero-order valence-electron chi connectivity index (χ0n) is 17.5. The average Bonchev–Trinajstić information content (AvgIpc) is 3.16. The number of thiazole rings is 1. The van der Waals surface area contributed by atoms with Crippen molar-refractivity contribution in [2.24, 2.45) is 5.92 Å². The van der Waals surface area contributed by atoms with E-state index in [2.05, 4.69) is 15.0 Å². The third kappa shape index (κ3) is 6.13. The Bertz CT molecular complexity index is 1140. The van der Waals surface area contributed by atoms with Gasteiger partial charge in [0.1, 0.15) is 11.8 Å². The van der Waals surface area contributed by atoms with Crippen molar-refractivity contribution < 1.29 is 18.3 Å². The van der Waals surface area contributed by atoms with Crippen molar-refractivity contribution in [3.05, 3.63) is 59.5 Å². The number of amides is 1. The highest BCUT2D eigenvalue weighted by atomic mass is 32.2. The molecule has 9 heteroatoms. The smallest absolute Gasteiger partial charge is 0.244 e. The first-order valence-electron chi connectivity index (χ1n) is 9.79. The number of nitrogens with zero attached hydrogens (tertiary/aromatic N) is 1. The molecule has 0 bridgehead atoms. The molecular weight excluding hydrogens is 434 g/mol. The molecule has 2 aromatic carbocycles. The Balaban J connectivity index is 1.76. The van der Waals surface area contributed by atoms with Crippen LogP contribution < -0.4 is 10.0 Å². The second-order valence-corrected chi connectivity index (χ2v) is 10.3. The molecule has 0 saturated carbocycles. The summed E-state index contributed by atoms with van der Waals surface area (Å²) in [5.41, 5.74) is 2.40. The van der Waals surface area contributed by atoms with Crippen molar-refractivity contribution in [2.45, 2.75) is 38.1 Å². The number of anilines is 1. The van der Waals surface area contributed by atoms with Gasteiger partial charge in [-0.25, -0.2) is 13.4 Å². The number of phenolic OH excluding ortho intramolecular Hbond substituents is 1. The van der Waals surface area contributed by atoms with Gasteiger partial charge in [-0.3, -0.25) is 4.79 Å². The molecule has 0 radical (unpaired) electrons. The molecule has 0 aliphatic rings. The molecule has 3 aromatic rings. The lowest BCUT2D eigenvalue weighted by Crippen LogP contribution is -2.44. The summed E-state index contributed by atoms with van der Waals surface area (Å²) in [6.45, 7) is 5.72. The number of aromatic nitrogens is 1. The predicted molar refractivity (Wildman–Crippen MR) is 123 cm³/mol. The van der Waals surface area contributed by atoms with Crippen molar-refractivity contribution in [1.29, 1.82) is 0 Å². The number of carbonyl (C=O) groups is 1. The van der Waals surface area contributed by atoms with Crippen molar-refractivity contribution in [3.63, 3.8) is 0 Å². The molecule has 0 aliphatic heterocycles. The van der Waals surface area contributed by atoms with Crippen LogP contribution in [0.2, 0.25) is 0 Å². The van der Waals surface area contributed by atoms with Crippen LogP contribution in [0.25, 0.3) is 11.3 Å². The van der Waals surface area contributed by atoms with Crippen molar-refractivity contribution in [1.82, 2.24) is 9.71 Å². The molecule has 1 heterocycles. The fourth-order valence-corrected chi connectivity index (χ4v) is 4.87. The quantitative estimate of drug-likeness (QED) is 0.469. The van der Waals surface area contributed by atoms with Gasteiger partial charge in [0, 0.05) is 10.9 Å². The average molecular weight is 460 g/mol. The Hall–Kier alpha value is -2.75. The minimum absolute atomic E-state index is 0.0975. The van der Waals surface area contributed by atoms with Gasteiger partial charge in [0.25, 0.3) is 0 Å².